The quantitative estimate of drug-likeness (QED) is 0.883. The molecule has 0 atom stereocenters. The van der Waals surface area contributed by atoms with Crippen molar-refractivity contribution in [3.05, 3.63) is 30.1 Å². The highest BCUT2D eigenvalue weighted by Gasteiger charge is 2.25. The van der Waals surface area contributed by atoms with E-state index in [-0.39, 0.29) is 18.4 Å². The smallest absolute Gasteiger partial charge is 0.241 e. The average Bonchev–Trinajstić information content (AvgIpc) is 3.04. The van der Waals surface area contributed by atoms with E-state index in [4.69, 9.17) is 0 Å². The SMILES string of the molecule is CCCC(=O)NCC(=O)N1CCC(c2nc3ccccc3[nH]2)CC1. The van der Waals surface area contributed by atoms with Gasteiger partial charge in [0, 0.05) is 25.4 Å². The maximum absolute atomic E-state index is 12.2. The van der Waals surface area contributed by atoms with Gasteiger partial charge in [-0.05, 0) is 31.4 Å². The van der Waals surface area contributed by atoms with Crippen molar-refractivity contribution < 1.29 is 9.59 Å². The molecule has 6 heteroatoms. The van der Waals surface area contributed by atoms with Crippen LogP contribution < -0.4 is 5.32 Å². The molecule has 24 heavy (non-hydrogen) atoms. The zero-order valence-corrected chi connectivity index (χ0v) is 14.0. The highest BCUT2D eigenvalue weighted by Crippen LogP contribution is 2.27. The summed E-state index contributed by atoms with van der Waals surface area (Å²) in [4.78, 5) is 33.5. The monoisotopic (exact) mass is 328 g/mol. The van der Waals surface area contributed by atoms with E-state index in [2.05, 4.69) is 15.3 Å². The summed E-state index contributed by atoms with van der Waals surface area (Å²) < 4.78 is 0. The van der Waals surface area contributed by atoms with Gasteiger partial charge in [-0.1, -0.05) is 19.1 Å². The Kier molecular flexibility index (Phi) is 5.13. The number of hydrogen-bond acceptors (Lipinski definition) is 3. The number of amides is 2. The van der Waals surface area contributed by atoms with E-state index in [1.165, 1.54) is 0 Å². The number of piperidine rings is 1. The first-order chi connectivity index (χ1) is 11.7. The van der Waals surface area contributed by atoms with Crippen molar-refractivity contribution in [2.75, 3.05) is 19.6 Å². The highest BCUT2D eigenvalue weighted by molar-refractivity contribution is 5.84. The van der Waals surface area contributed by atoms with Crippen molar-refractivity contribution in [2.24, 2.45) is 0 Å². The maximum Gasteiger partial charge on any atom is 0.241 e. The van der Waals surface area contributed by atoms with Gasteiger partial charge < -0.3 is 15.2 Å². The van der Waals surface area contributed by atoms with Gasteiger partial charge in [0.15, 0.2) is 0 Å². The third-order valence-corrected chi connectivity index (χ3v) is 4.56. The molecule has 0 unspecified atom stereocenters. The first-order valence-corrected chi connectivity index (χ1v) is 8.66. The van der Waals surface area contributed by atoms with Crippen molar-refractivity contribution in [1.29, 1.82) is 0 Å². The van der Waals surface area contributed by atoms with E-state index < -0.39 is 0 Å². The van der Waals surface area contributed by atoms with Crippen molar-refractivity contribution in [3.63, 3.8) is 0 Å². The molecule has 1 saturated heterocycles. The van der Waals surface area contributed by atoms with E-state index in [0.29, 0.717) is 25.4 Å². The predicted molar refractivity (Wildman–Crippen MR) is 92.6 cm³/mol. The number of benzene rings is 1. The molecule has 1 aliphatic heterocycles. The Balaban J connectivity index is 1.51. The lowest BCUT2D eigenvalue weighted by Gasteiger charge is -2.31. The number of likely N-dealkylation sites (tertiary alicyclic amines) is 1. The maximum atomic E-state index is 12.2. The Morgan fingerprint density at radius 3 is 2.75 bits per heavy atom. The van der Waals surface area contributed by atoms with E-state index in [0.717, 1.165) is 36.1 Å². The Morgan fingerprint density at radius 2 is 2.04 bits per heavy atom. The minimum Gasteiger partial charge on any atom is -0.347 e. The number of carbonyl (C=O) groups is 2. The van der Waals surface area contributed by atoms with Crippen LogP contribution in [-0.2, 0) is 9.59 Å². The fraction of sp³-hybridized carbons (Fsp3) is 0.500. The van der Waals surface area contributed by atoms with Crippen LogP contribution in [0.3, 0.4) is 0 Å². The molecule has 1 aromatic carbocycles. The molecule has 1 fully saturated rings. The molecular weight excluding hydrogens is 304 g/mol. The molecule has 0 saturated carbocycles. The van der Waals surface area contributed by atoms with E-state index in [9.17, 15) is 9.59 Å². The topological polar surface area (TPSA) is 78.1 Å². The Bertz CT molecular complexity index is 684. The lowest BCUT2D eigenvalue weighted by atomic mass is 9.96. The molecular formula is C18H24N4O2. The van der Waals surface area contributed by atoms with Gasteiger partial charge in [-0.2, -0.15) is 0 Å². The van der Waals surface area contributed by atoms with Crippen LogP contribution in [0.5, 0.6) is 0 Å². The molecule has 0 aliphatic carbocycles. The van der Waals surface area contributed by atoms with Gasteiger partial charge in [0.25, 0.3) is 0 Å². The normalized spacial score (nSPS) is 15.6. The van der Waals surface area contributed by atoms with Crippen molar-refractivity contribution in [3.8, 4) is 0 Å². The summed E-state index contributed by atoms with van der Waals surface area (Å²) in [6.45, 7) is 3.48. The Hall–Kier alpha value is -2.37. The number of hydrogen-bond donors (Lipinski definition) is 2. The van der Waals surface area contributed by atoms with Crippen LogP contribution in [0.25, 0.3) is 11.0 Å². The molecule has 6 nitrogen and oxygen atoms in total. The number of para-hydroxylation sites is 2. The van der Waals surface area contributed by atoms with Crippen LogP contribution >= 0.6 is 0 Å². The fourth-order valence-electron chi connectivity index (χ4n) is 3.17. The highest BCUT2D eigenvalue weighted by atomic mass is 16.2. The summed E-state index contributed by atoms with van der Waals surface area (Å²) in [7, 11) is 0. The van der Waals surface area contributed by atoms with Crippen LogP contribution in [0.2, 0.25) is 0 Å². The van der Waals surface area contributed by atoms with Crippen LogP contribution in [0, 0.1) is 0 Å². The first kappa shape index (κ1) is 16.5. The summed E-state index contributed by atoms with van der Waals surface area (Å²) in [5.74, 6) is 1.32. The number of carbonyl (C=O) groups excluding carboxylic acids is 2. The average molecular weight is 328 g/mol. The van der Waals surface area contributed by atoms with Gasteiger partial charge in [-0.15, -0.1) is 0 Å². The van der Waals surface area contributed by atoms with Crippen LogP contribution in [0.4, 0.5) is 0 Å². The molecule has 2 heterocycles. The molecule has 2 aromatic rings. The van der Waals surface area contributed by atoms with Gasteiger partial charge in [-0.3, -0.25) is 9.59 Å². The zero-order valence-electron chi connectivity index (χ0n) is 14.0. The fourth-order valence-corrected chi connectivity index (χ4v) is 3.17. The van der Waals surface area contributed by atoms with Gasteiger partial charge >= 0.3 is 0 Å². The minimum atomic E-state index is -0.0528. The van der Waals surface area contributed by atoms with E-state index in [1.807, 2.05) is 36.1 Å². The van der Waals surface area contributed by atoms with Crippen LogP contribution in [0.15, 0.2) is 24.3 Å². The van der Waals surface area contributed by atoms with Gasteiger partial charge in [0.05, 0.1) is 17.6 Å². The first-order valence-electron chi connectivity index (χ1n) is 8.66. The number of aromatic nitrogens is 2. The summed E-state index contributed by atoms with van der Waals surface area (Å²) in [6, 6.07) is 8.02. The van der Waals surface area contributed by atoms with Gasteiger partial charge in [0.1, 0.15) is 5.82 Å². The van der Waals surface area contributed by atoms with Gasteiger partial charge in [-0.25, -0.2) is 4.98 Å². The molecule has 0 bridgehead atoms. The lowest BCUT2D eigenvalue weighted by molar-refractivity contribution is -0.133. The standard InChI is InChI=1S/C18H24N4O2/c1-2-5-16(23)19-12-17(24)22-10-8-13(9-11-22)18-20-14-6-3-4-7-15(14)21-18/h3-4,6-7,13H,2,5,8-12H2,1H3,(H,19,23)(H,20,21). The van der Waals surface area contributed by atoms with Crippen molar-refractivity contribution in [2.45, 2.75) is 38.5 Å². The Morgan fingerprint density at radius 1 is 1.29 bits per heavy atom. The zero-order chi connectivity index (χ0) is 16.9. The molecule has 2 amide bonds. The van der Waals surface area contributed by atoms with E-state index in [1.54, 1.807) is 0 Å². The molecule has 128 valence electrons. The second kappa shape index (κ2) is 7.47. The van der Waals surface area contributed by atoms with Crippen molar-refractivity contribution >= 4 is 22.8 Å². The second-order valence-electron chi connectivity index (χ2n) is 6.32. The summed E-state index contributed by atoms with van der Waals surface area (Å²) in [5.41, 5.74) is 2.05. The number of nitrogens with zero attached hydrogens (tertiary/aromatic N) is 2. The molecule has 0 radical (unpaired) electrons. The van der Waals surface area contributed by atoms with Crippen LogP contribution in [0.1, 0.15) is 44.3 Å². The number of nitrogens with one attached hydrogen (secondary N) is 2. The second-order valence-corrected chi connectivity index (χ2v) is 6.32. The summed E-state index contributed by atoms with van der Waals surface area (Å²) in [6.07, 6.45) is 3.06. The lowest BCUT2D eigenvalue weighted by Crippen LogP contribution is -2.43. The molecule has 3 rings (SSSR count). The Labute approximate surface area is 141 Å². The minimum absolute atomic E-state index is 0.00232. The van der Waals surface area contributed by atoms with Crippen molar-refractivity contribution in [1.82, 2.24) is 20.2 Å². The van der Waals surface area contributed by atoms with Crippen LogP contribution in [-0.4, -0.2) is 46.3 Å². The van der Waals surface area contributed by atoms with Gasteiger partial charge in [0.2, 0.25) is 11.8 Å². The third-order valence-electron chi connectivity index (χ3n) is 4.56. The number of H-pyrrole nitrogens is 1. The molecule has 1 aromatic heterocycles. The summed E-state index contributed by atoms with van der Waals surface area (Å²) >= 11 is 0. The number of rotatable bonds is 5. The number of imidazole rings is 1. The largest absolute Gasteiger partial charge is 0.347 e. The van der Waals surface area contributed by atoms with E-state index >= 15 is 0 Å². The number of fused-ring (bicyclic) bond motifs is 1. The molecule has 0 spiro atoms. The molecule has 1 aliphatic rings. The summed E-state index contributed by atoms with van der Waals surface area (Å²) in [5, 5.41) is 2.69. The number of aromatic amines is 1. The molecule has 2 N–H and O–H groups in total. The predicted octanol–water partition coefficient (Wildman–Crippen LogP) is 2.19. The third kappa shape index (κ3) is 3.75.